The molecule has 2 aliphatic rings. The summed E-state index contributed by atoms with van der Waals surface area (Å²) < 4.78 is 2.08. The van der Waals surface area contributed by atoms with Gasteiger partial charge in [-0.1, -0.05) is 34.1 Å². The van der Waals surface area contributed by atoms with E-state index in [-0.39, 0.29) is 33.9 Å². The normalized spacial score (nSPS) is 20.3. The second-order valence-electron chi connectivity index (χ2n) is 6.89. The molecule has 0 saturated carbocycles. The lowest BCUT2D eigenvalue weighted by atomic mass is 10.0. The van der Waals surface area contributed by atoms with Gasteiger partial charge in [0.25, 0.3) is 5.91 Å². The van der Waals surface area contributed by atoms with E-state index in [2.05, 4.69) is 25.8 Å². The van der Waals surface area contributed by atoms with Crippen LogP contribution in [0.4, 0.5) is 0 Å². The lowest BCUT2D eigenvalue weighted by Gasteiger charge is -2.49. The smallest absolute Gasteiger partial charge is 0.352 e. The van der Waals surface area contributed by atoms with Crippen molar-refractivity contribution >= 4 is 56.4 Å². The van der Waals surface area contributed by atoms with Gasteiger partial charge in [-0.2, -0.15) is 4.57 Å². The molecule has 2 aromatic rings. The van der Waals surface area contributed by atoms with E-state index in [0.29, 0.717) is 17.9 Å². The summed E-state index contributed by atoms with van der Waals surface area (Å²) in [6, 6.07) is 11.4. The Hall–Kier alpha value is -2.17. The Kier molecular flexibility index (Phi) is 7.55. The molecule has 3 heterocycles. The van der Waals surface area contributed by atoms with Crippen LogP contribution in [0.1, 0.15) is 0 Å². The highest BCUT2D eigenvalue weighted by Crippen LogP contribution is 2.40. The van der Waals surface area contributed by atoms with Crippen LogP contribution >= 0.6 is 27.7 Å². The van der Waals surface area contributed by atoms with Gasteiger partial charge in [-0.15, -0.1) is 11.8 Å². The van der Waals surface area contributed by atoms with E-state index >= 15 is 0 Å². The van der Waals surface area contributed by atoms with E-state index in [1.165, 1.54) is 16.7 Å². The molecule has 31 heavy (non-hydrogen) atoms. The molecule has 0 spiro atoms. The zero-order chi connectivity index (χ0) is 21.3. The number of amides is 2. The highest BCUT2D eigenvalue weighted by Gasteiger charge is 2.53. The maximum absolute atomic E-state index is 12.5. The number of alkyl halides is 1. The van der Waals surface area contributed by atoms with Gasteiger partial charge in [0.15, 0.2) is 12.7 Å². The fourth-order valence-electron chi connectivity index (χ4n) is 3.67. The van der Waals surface area contributed by atoms with Crippen LogP contribution in [-0.2, 0) is 20.9 Å². The van der Waals surface area contributed by atoms with E-state index in [0.717, 1.165) is 10.9 Å². The third kappa shape index (κ3) is 4.56. The van der Waals surface area contributed by atoms with Crippen molar-refractivity contribution < 1.29 is 41.0 Å². The standard InChI is InChI=1S/C21H18BrN3O4S.BrH/c22-11-16(26)23-17-19(27)25-18(21(28)29)14(12-30-20(17)25)7-4-10-24-9-3-6-13-5-1-2-8-15(13)24;/h1-9,17,20H,10-12H2,(H-,23,26,28,29);1H/b7-4+;/t17-,20-;/m1./s1. The van der Waals surface area contributed by atoms with Crippen LogP contribution in [0.5, 0.6) is 0 Å². The van der Waals surface area contributed by atoms with Gasteiger partial charge in [0.05, 0.1) is 5.33 Å². The lowest BCUT2D eigenvalue weighted by Crippen LogP contribution is -3.00. The van der Waals surface area contributed by atoms with Crippen molar-refractivity contribution in [3.05, 3.63) is 66.0 Å². The van der Waals surface area contributed by atoms with Gasteiger partial charge in [0, 0.05) is 23.3 Å². The third-order valence-electron chi connectivity index (χ3n) is 5.05. The molecule has 162 valence electrons. The maximum Gasteiger partial charge on any atom is 0.352 e. The molecule has 1 aromatic heterocycles. The van der Waals surface area contributed by atoms with Gasteiger partial charge in [-0.3, -0.25) is 14.5 Å². The SMILES string of the molecule is O=C(CBr)N[C@@H]1C(=O)N2C(C(=O)O)=C(/C=C/C[n+]3cccc4ccccc43)CS[C@H]12.[Br-]. The van der Waals surface area contributed by atoms with Gasteiger partial charge in [0.2, 0.25) is 11.4 Å². The number of hydrogen-bond donors (Lipinski definition) is 2. The number of hydrogen-bond acceptors (Lipinski definition) is 4. The number of aromatic nitrogens is 1. The summed E-state index contributed by atoms with van der Waals surface area (Å²) in [6.07, 6.45) is 5.65. The Bertz CT molecular complexity index is 1100. The van der Waals surface area contributed by atoms with E-state index in [4.69, 9.17) is 0 Å². The minimum absolute atomic E-state index is 0. The summed E-state index contributed by atoms with van der Waals surface area (Å²) in [4.78, 5) is 37.3. The number of aliphatic carboxylic acids is 1. The average molecular weight is 569 g/mol. The molecule has 4 rings (SSSR count). The maximum atomic E-state index is 12.5. The largest absolute Gasteiger partial charge is 1.00 e. The summed E-state index contributed by atoms with van der Waals surface area (Å²) in [5.74, 6) is -1.38. The Labute approximate surface area is 202 Å². The van der Waals surface area contributed by atoms with E-state index in [1.54, 1.807) is 6.08 Å². The molecule has 10 heteroatoms. The minimum Gasteiger partial charge on any atom is -1.00 e. The molecule has 2 N–H and O–H groups in total. The van der Waals surface area contributed by atoms with Crippen molar-refractivity contribution in [2.45, 2.75) is 18.0 Å². The molecule has 0 bridgehead atoms. The van der Waals surface area contributed by atoms with Crippen molar-refractivity contribution in [2.24, 2.45) is 0 Å². The first-order chi connectivity index (χ1) is 14.5. The number of nitrogens with zero attached hydrogens (tertiary/aromatic N) is 2. The number of fused-ring (bicyclic) bond motifs is 2. The lowest BCUT2D eigenvalue weighted by molar-refractivity contribution is -0.661. The molecule has 2 amide bonds. The molecule has 1 saturated heterocycles. The number of β-lactam (4-membered cyclic amide) rings is 1. The predicted octanol–water partition coefficient (Wildman–Crippen LogP) is -1.18. The van der Waals surface area contributed by atoms with E-state index in [9.17, 15) is 19.5 Å². The minimum atomic E-state index is -1.14. The Morgan fingerprint density at radius 2 is 2.03 bits per heavy atom. The molecular weight excluding hydrogens is 550 g/mol. The van der Waals surface area contributed by atoms with Crippen LogP contribution in [0.2, 0.25) is 0 Å². The summed E-state index contributed by atoms with van der Waals surface area (Å²) in [5, 5.41) is 13.2. The first kappa shape index (κ1) is 23.5. The first-order valence-electron chi connectivity index (χ1n) is 9.31. The predicted molar refractivity (Wildman–Crippen MR) is 117 cm³/mol. The number of carbonyl (C=O) groups is 3. The van der Waals surface area contributed by atoms with Crippen molar-refractivity contribution in [2.75, 3.05) is 11.1 Å². The van der Waals surface area contributed by atoms with Crippen LogP contribution in [0.25, 0.3) is 10.9 Å². The molecule has 0 aliphatic carbocycles. The molecule has 2 aliphatic heterocycles. The number of halogens is 2. The number of para-hydroxylation sites is 1. The summed E-state index contributed by atoms with van der Waals surface area (Å²) in [6.45, 7) is 0.573. The number of carboxylic acids is 1. The van der Waals surface area contributed by atoms with E-state index < -0.39 is 23.3 Å². The quantitative estimate of drug-likeness (QED) is 0.260. The van der Waals surface area contributed by atoms with Crippen LogP contribution in [0.3, 0.4) is 0 Å². The van der Waals surface area contributed by atoms with Crippen molar-refractivity contribution in [1.82, 2.24) is 10.2 Å². The topological polar surface area (TPSA) is 90.6 Å². The van der Waals surface area contributed by atoms with Crippen molar-refractivity contribution in [1.29, 1.82) is 0 Å². The number of carboxylic acid groups (broad SMARTS) is 1. The molecular formula is C21H19Br2N3O4S. The monoisotopic (exact) mass is 567 g/mol. The number of allylic oxidation sites excluding steroid dienone is 2. The van der Waals surface area contributed by atoms with Gasteiger partial charge >= 0.3 is 5.97 Å². The molecule has 2 atom stereocenters. The van der Waals surface area contributed by atoms with Crippen LogP contribution in [-0.4, -0.2) is 50.3 Å². The molecule has 1 aromatic carbocycles. The number of nitrogens with one attached hydrogen (secondary N) is 1. The second-order valence-corrected chi connectivity index (χ2v) is 8.56. The fraction of sp³-hybridized carbons (Fsp3) is 0.238. The van der Waals surface area contributed by atoms with Crippen LogP contribution < -0.4 is 26.9 Å². The fourth-order valence-corrected chi connectivity index (χ4v) is 5.15. The van der Waals surface area contributed by atoms with E-state index in [1.807, 2.05) is 48.7 Å². The summed E-state index contributed by atoms with van der Waals surface area (Å²) in [5.41, 5.74) is 1.66. The third-order valence-corrected chi connectivity index (χ3v) is 6.86. The number of benzene rings is 1. The van der Waals surface area contributed by atoms with Crippen LogP contribution in [0, 0.1) is 0 Å². The van der Waals surface area contributed by atoms with Crippen LogP contribution in [0.15, 0.2) is 66.0 Å². The van der Waals surface area contributed by atoms with Gasteiger partial charge in [-0.05, 0) is 23.8 Å². The van der Waals surface area contributed by atoms with Gasteiger partial charge < -0.3 is 27.4 Å². The van der Waals surface area contributed by atoms with Crippen molar-refractivity contribution in [3.8, 4) is 0 Å². The number of thioether (sulfide) groups is 1. The average Bonchev–Trinajstić information content (AvgIpc) is 2.76. The summed E-state index contributed by atoms with van der Waals surface area (Å²) >= 11 is 4.50. The second kappa shape index (κ2) is 9.97. The zero-order valence-corrected chi connectivity index (χ0v) is 20.2. The summed E-state index contributed by atoms with van der Waals surface area (Å²) in [7, 11) is 0. The van der Waals surface area contributed by atoms with Gasteiger partial charge in [0.1, 0.15) is 17.1 Å². The highest BCUT2D eigenvalue weighted by atomic mass is 79.9. The van der Waals surface area contributed by atoms with Crippen molar-refractivity contribution in [3.63, 3.8) is 0 Å². The first-order valence-corrected chi connectivity index (χ1v) is 11.5. The zero-order valence-electron chi connectivity index (χ0n) is 16.2. The Balaban J connectivity index is 0.00000272. The molecule has 7 nitrogen and oxygen atoms in total. The Morgan fingerprint density at radius 1 is 1.29 bits per heavy atom. The molecule has 1 fully saturated rings. The van der Waals surface area contributed by atoms with Gasteiger partial charge in [-0.25, -0.2) is 4.79 Å². The molecule has 0 radical (unpaired) electrons. The number of carbonyl (C=O) groups excluding carboxylic acids is 2. The highest BCUT2D eigenvalue weighted by molar-refractivity contribution is 9.09. The Morgan fingerprint density at radius 3 is 2.77 bits per heavy atom. The number of rotatable bonds is 6. The number of pyridine rings is 1. The molecule has 0 unspecified atom stereocenters.